The Morgan fingerprint density at radius 3 is 2.76 bits per heavy atom. The monoisotopic (exact) mass is 341 g/mol. The van der Waals surface area contributed by atoms with Gasteiger partial charge in [0, 0.05) is 32.8 Å². The summed E-state index contributed by atoms with van der Waals surface area (Å²) >= 11 is 0. The first-order valence-corrected chi connectivity index (χ1v) is 8.26. The lowest BCUT2D eigenvalue weighted by molar-refractivity contribution is -0.131. The number of rotatable bonds is 4. The van der Waals surface area contributed by atoms with E-state index in [0.717, 1.165) is 16.8 Å². The molecule has 1 aliphatic heterocycles. The first-order valence-electron chi connectivity index (χ1n) is 8.26. The highest BCUT2D eigenvalue weighted by atomic mass is 19.1. The van der Waals surface area contributed by atoms with Crippen LogP contribution in [0.25, 0.3) is 0 Å². The molecule has 130 valence electrons. The molecule has 1 unspecified atom stereocenters. The van der Waals surface area contributed by atoms with Crippen LogP contribution in [0.15, 0.2) is 42.6 Å². The van der Waals surface area contributed by atoms with E-state index < -0.39 is 5.92 Å². The van der Waals surface area contributed by atoms with Crippen LogP contribution in [-0.2, 0) is 22.6 Å². The predicted octanol–water partition coefficient (Wildman–Crippen LogP) is 2.03. The van der Waals surface area contributed by atoms with Gasteiger partial charge in [0.25, 0.3) is 0 Å². The lowest BCUT2D eigenvalue weighted by Gasteiger charge is -2.32. The maximum atomic E-state index is 12.9. The van der Waals surface area contributed by atoms with Gasteiger partial charge in [-0.1, -0.05) is 18.2 Å². The van der Waals surface area contributed by atoms with E-state index in [2.05, 4.69) is 10.3 Å². The summed E-state index contributed by atoms with van der Waals surface area (Å²) < 4.78 is 12.9. The van der Waals surface area contributed by atoms with Crippen LogP contribution in [0.2, 0.25) is 0 Å². The van der Waals surface area contributed by atoms with Crippen molar-refractivity contribution in [2.24, 2.45) is 0 Å². The third-order valence-electron chi connectivity index (χ3n) is 4.41. The molecular weight excluding hydrogens is 321 g/mol. The topological polar surface area (TPSA) is 62.3 Å². The number of hydrogen-bond donors (Lipinski definition) is 1. The number of pyridine rings is 1. The quantitative estimate of drug-likeness (QED) is 0.925. The molecule has 0 fully saturated rings. The molecule has 1 aliphatic rings. The molecule has 1 aromatic heterocycles. The average molecular weight is 341 g/mol. The van der Waals surface area contributed by atoms with Crippen molar-refractivity contribution < 1.29 is 14.0 Å². The zero-order valence-corrected chi connectivity index (χ0v) is 14.0. The number of aromatic nitrogens is 1. The molecule has 0 saturated carbocycles. The van der Waals surface area contributed by atoms with Gasteiger partial charge in [0.2, 0.25) is 11.8 Å². The van der Waals surface area contributed by atoms with Gasteiger partial charge in [-0.15, -0.1) is 0 Å². The highest BCUT2D eigenvalue weighted by molar-refractivity contribution is 5.85. The van der Waals surface area contributed by atoms with Gasteiger partial charge < -0.3 is 10.2 Å². The van der Waals surface area contributed by atoms with Gasteiger partial charge in [0.1, 0.15) is 5.82 Å². The summed E-state index contributed by atoms with van der Waals surface area (Å²) in [6.07, 6.45) is 2.28. The van der Waals surface area contributed by atoms with Crippen LogP contribution in [0.3, 0.4) is 0 Å². The first-order chi connectivity index (χ1) is 12.0. The average Bonchev–Trinajstić information content (AvgIpc) is 2.62. The molecule has 0 saturated heterocycles. The molecule has 1 atom stereocenters. The minimum atomic E-state index is -0.470. The van der Waals surface area contributed by atoms with Crippen LogP contribution in [0.4, 0.5) is 4.39 Å². The summed E-state index contributed by atoms with van der Waals surface area (Å²) in [4.78, 5) is 30.4. The number of nitrogens with zero attached hydrogens (tertiary/aromatic N) is 2. The van der Waals surface area contributed by atoms with Gasteiger partial charge in [-0.05, 0) is 35.7 Å². The van der Waals surface area contributed by atoms with Gasteiger partial charge in [0.15, 0.2) is 0 Å². The summed E-state index contributed by atoms with van der Waals surface area (Å²) in [5.74, 6) is -0.948. The molecule has 6 heteroatoms. The van der Waals surface area contributed by atoms with Crippen molar-refractivity contribution in [3.8, 4) is 0 Å². The predicted molar refractivity (Wildman–Crippen MR) is 91.2 cm³/mol. The number of halogens is 1. The molecule has 25 heavy (non-hydrogen) atoms. The van der Waals surface area contributed by atoms with Crippen molar-refractivity contribution in [1.29, 1.82) is 0 Å². The molecule has 0 radical (unpaired) electrons. The number of hydrogen-bond acceptors (Lipinski definition) is 3. The summed E-state index contributed by atoms with van der Waals surface area (Å²) in [7, 11) is 0. The minimum Gasteiger partial charge on any atom is -0.355 e. The second kappa shape index (κ2) is 7.42. The van der Waals surface area contributed by atoms with Crippen molar-refractivity contribution >= 4 is 11.8 Å². The van der Waals surface area contributed by atoms with E-state index in [9.17, 15) is 14.0 Å². The summed E-state index contributed by atoms with van der Waals surface area (Å²) in [5, 5.41) is 2.91. The van der Waals surface area contributed by atoms with E-state index in [1.165, 1.54) is 19.1 Å². The van der Waals surface area contributed by atoms with Gasteiger partial charge in [-0.3, -0.25) is 14.6 Å². The third-order valence-corrected chi connectivity index (χ3v) is 4.41. The van der Waals surface area contributed by atoms with Crippen molar-refractivity contribution in [3.63, 3.8) is 0 Å². The SMILES string of the molecule is CC(=O)N1Cc2cccnc2C(C(=O)NCCc2ccc(F)cc2)C1. The maximum absolute atomic E-state index is 12.9. The van der Waals surface area contributed by atoms with E-state index in [4.69, 9.17) is 0 Å². The Labute approximate surface area is 145 Å². The van der Waals surface area contributed by atoms with E-state index in [1.807, 2.05) is 12.1 Å². The minimum absolute atomic E-state index is 0.0568. The molecular formula is C19H20FN3O2. The third kappa shape index (κ3) is 4.02. The lowest BCUT2D eigenvalue weighted by atomic mass is 9.93. The maximum Gasteiger partial charge on any atom is 0.230 e. The van der Waals surface area contributed by atoms with Crippen molar-refractivity contribution in [1.82, 2.24) is 15.2 Å². The van der Waals surface area contributed by atoms with E-state index in [0.29, 0.717) is 26.1 Å². The van der Waals surface area contributed by atoms with Crippen LogP contribution < -0.4 is 5.32 Å². The molecule has 2 heterocycles. The molecule has 1 N–H and O–H groups in total. The number of nitrogens with one attached hydrogen (secondary N) is 1. The first kappa shape index (κ1) is 17.1. The van der Waals surface area contributed by atoms with Crippen LogP contribution >= 0.6 is 0 Å². The standard InChI is InChI=1S/C19H20FN3O2/c1-13(24)23-11-15-3-2-9-21-18(15)17(12-23)19(25)22-10-8-14-4-6-16(20)7-5-14/h2-7,9,17H,8,10-12H2,1H3,(H,22,25). The van der Waals surface area contributed by atoms with Gasteiger partial charge >= 0.3 is 0 Å². The van der Waals surface area contributed by atoms with E-state index in [-0.39, 0.29) is 17.6 Å². The Bertz CT molecular complexity index is 776. The zero-order valence-electron chi connectivity index (χ0n) is 14.0. The molecule has 2 amide bonds. The number of fused-ring (bicyclic) bond motifs is 1. The smallest absolute Gasteiger partial charge is 0.230 e. The molecule has 3 rings (SSSR count). The van der Waals surface area contributed by atoms with Crippen LogP contribution in [0.5, 0.6) is 0 Å². The molecule has 0 aliphatic carbocycles. The fourth-order valence-electron chi connectivity index (χ4n) is 3.03. The molecule has 5 nitrogen and oxygen atoms in total. The van der Waals surface area contributed by atoms with Gasteiger partial charge in [-0.25, -0.2) is 4.39 Å². The van der Waals surface area contributed by atoms with Crippen molar-refractivity contribution in [2.45, 2.75) is 25.8 Å². The second-order valence-electron chi connectivity index (χ2n) is 6.17. The summed E-state index contributed by atoms with van der Waals surface area (Å²) in [6.45, 7) is 2.77. The number of amides is 2. The van der Waals surface area contributed by atoms with Gasteiger partial charge in [0.05, 0.1) is 11.6 Å². The van der Waals surface area contributed by atoms with Crippen molar-refractivity contribution in [3.05, 3.63) is 65.2 Å². The Kier molecular flexibility index (Phi) is 5.07. The fraction of sp³-hybridized carbons (Fsp3) is 0.316. The molecule has 0 bridgehead atoms. The highest BCUT2D eigenvalue weighted by Gasteiger charge is 2.32. The Morgan fingerprint density at radius 1 is 1.28 bits per heavy atom. The van der Waals surface area contributed by atoms with Crippen LogP contribution in [0, 0.1) is 5.82 Å². The number of carbonyl (C=O) groups excluding carboxylic acids is 2. The highest BCUT2D eigenvalue weighted by Crippen LogP contribution is 2.26. The lowest BCUT2D eigenvalue weighted by Crippen LogP contribution is -2.43. The largest absolute Gasteiger partial charge is 0.355 e. The van der Waals surface area contributed by atoms with Gasteiger partial charge in [-0.2, -0.15) is 0 Å². The summed E-state index contributed by atoms with van der Waals surface area (Å²) in [5.41, 5.74) is 2.59. The number of carbonyl (C=O) groups is 2. The van der Waals surface area contributed by atoms with E-state index in [1.54, 1.807) is 23.2 Å². The molecule has 1 aromatic carbocycles. The summed E-state index contributed by atoms with van der Waals surface area (Å²) in [6, 6.07) is 9.93. The fourth-order valence-corrected chi connectivity index (χ4v) is 3.03. The molecule has 0 spiro atoms. The Balaban J connectivity index is 1.66. The second-order valence-corrected chi connectivity index (χ2v) is 6.17. The Hall–Kier alpha value is -2.76. The van der Waals surface area contributed by atoms with Crippen LogP contribution in [0.1, 0.15) is 29.7 Å². The van der Waals surface area contributed by atoms with Crippen LogP contribution in [-0.4, -0.2) is 34.8 Å². The van der Waals surface area contributed by atoms with Crippen molar-refractivity contribution in [2.75, 3.05) is 13.1 Å². The normalized spacial score (nSPS) is 16.2. The molecule has 2 aromatic rings. The Morgan fingerprint density at radius 2 is 2.04 bits per heavy atom. The van der Waals surface area contributed by atoms with E-state index >= 15 is 0 Å². The number of benzene rings is 1. The zero-order chi connectivity index (χ0) is 17.8.